The zero-order chi connectivity index (χ0) is 3.58. The number of halogens is 3. The van der Waals surface area contributed by atoms with Crippen molar-refractivity contribution in [3.8, 4) is 0 Å². The molecule has 0 atom stereocenters. The van der Waals surface area contributed by atoms with Crippen molar-refractivity contribution in [2.75, 3.05) is 0 Å². The Hall–Kier alpha value is 1.47. The Balaban J connectivity index is 0. The summed E-state index contributed by atoms with van der Waals surface area (Å²) in [5, 5.41) is 0. The standard InChI is InChI=1S/3ClH.H3N.Os/h3*1H;1H3;/q;;;;+3/p-3. The fourth-order valence-corrected chi connectivity index (χ4v) is 0. The van der Waals surface area contributed by atoms with Crippen LogP contribution in [0.5, 0.6) is 0 Å². The van der Waals surface area contributed by atoms with Gasteiger partial charge in [0.25, 0.3) is 0 Å². The molecule has 0 amide bonds. The van der Waals surface area contributed by atoms with Crippen LogP contribution in [-0.2, 0) is 13.2 Å². The van der Waals surface area contributed by atoms with Crippen molar-refractivity contribution in [2.24, 2.45) is 0 Å². The maximum absolute atomic E-state index is 4.98. The third-order valence-corrected chi connectivity index (χ3v) is 0. The molecule has 5 heteroatoms. The van der Waals surface area contributed by atoms with Gasteiger partial charge in [-0.2, -0.15) is 0 Å². The van der Waals surface area contributed by atoms with Gasteiger partial charge in [-0.05, 0) is 0 Å². The van der Waals surface area contributed by atoms with Gasteiger partial charge in [0.1, 0.15) is 0 Å². The van der Waals surface area contributed by atoms with Gasteiger partial charge in [0.2, 0.25) is 0 Å². The van der Waals surface area contributed by atoms with E-state index in [0.29, 0.717) is 0 Å². The van der Waals surface area contributed by atoms with Crippen LogP contribution in [0.2, 0.25) is 0 Å². The van der Waals surface area contributed by atoms with Gasteiger partial charge in [0, 0.05) is 0 Å². The molecule has 0 saturated carbocycles. The van der Waals surface area contributed by atoms with Gasteiger partial charge >= 0.3 is 42.1 Å². The van der Waals surface area contributed by atoms with Crippen LogP contribution in [0.15, 0.2) is 0 Å². The van der Waals surface area contributed by atoms with E-state index >= 15 is 0 Å². The monoisotopic (exact) mass is 314 g/mol. The number of hydrogen-bond acceptors (Lipinski definition) is 1. The summed E-state index contributed by atoms with van der Waals surface area (Å²) in [5.74, 6) is 0. The Morgan fingerprint density at radius 3 is 1.00 bits per heavy atom. The van der Waals surface area contributed by atoms with E-state index in [-0.39, 0.29) is 6.15 Å². The molecule has 0 aromatic carbocycles. The first kappa shape index (κ1) is 9.69. The van der Waals surface area contributed by atoms with Crippen LogP contribution >= 0.6 is 28.9 Å². The van der Waals surface area contributed by atoms with Crippen LogP contribution in [0.3, 0.4) is 0 Å². The maximum atomic E-state index is 4.98. The Morgan fingerprint density at radius 2 is 1.00 bits per heavy atom. The molecule has 3 N–H and O–H groups in total. The summed E-state index contributed by atoms with van der Waals surface area (Å²) in [4.78, 5) is 0. The predicted molar refractivity (Wildman–Crippen MR) is 22.6 cm³/mol. The zero-order valence-electron chi connectivity index (χ0n) is 2.19. The van der Waals surface area contributed by atoms with Crippen molar-refractivity contribution in [1.29, 1.82) is 0 Å². The zero-order valence-corrected chi connectivity index (χ0v) is 7.00. The number of rotatable bonds is 0. The second-order valence-corrected chi connectivity index (χ2v) is 11.2. The quantitative estimate of drug-likeness (QED) is 0.731. The molecular weight excluding hydrogens is 311 g/mol. The van der Waals surface area contributed by atoms with E-state index in [1.54, 1.807) is 0 Å². The number of hydrogen-bond donors (Lipinski definition) is 1. The van der Waals surface area contributed by atoms with Crippen LogP contribution in [0, 0.1) is 0 Å². The van der Waals surface area contributed by atoms with Gasteiger partial charge in [-0.3, -0.25) is 0 Å². The van der Waals surface area contributed by atoms with E-state index in [9.17, 15) is 0 Å². The molecule has 0 aromatic heterocycles. The summed E-state index contributed by atoms with van der Waals surface area (Å²) in [7, 11) is 14.9. The molecule has 0 radical (unpaired) electrons. The van der Waals surface area contributed by atoms with E-state index in [0.717, 1.165) is 0 Å². The normalized spacial score (nSPS) is 9.00. The molecule has 0 aliphatic rings. The van der Waals surface area contributed by atoms with Crippen molar-refractivity contribution in [2.45, 2.75) is 0 Å². The summed E-state index contributed by atoms with van der Waals surface area (Å²) in [5.41, 5.74) is 0. The van der Waals surface area contributed by atoms with Crippen LogP contribution in [0.4, 0.5) is 0 Å². The van der Waals surface area contributed by atoms with Crippen LogP contribution in [-0.4, -0.2) is 0 Å². The third-order valence-electron chi connectivity index (χ3n) is 0. The van der Waals surface area contributed by atoms with Crippen LogP contribution in [0.25, 0.3) is 0 Å². The predicted octanol–water partition coefficient (Wildman–Crippen LogP) is 2.23. The molecule has 5 heavy (non-hydrogen) atoms. The first-order chi connectivity index (χ1) is 1.73. The van der Waals surface area contributed by atoms with Gasteiger partial charge < -0.3 is 6.15 Å². The summed E-state index contributed by atoms with van der Waals surface area (Å²) >= 11 is -1.98. The van der Waals surface area contributed by atoms with E-state index in [4.69, 9.17) is 28.9 Å². The first-order valence-electron chi connectivity index (χ1n) is 0.401. The Morgan fingerprint density at radius 1 is 1.00 bits per heavy atom. The molecule has 0 saturated heterocycles. The van der Waals surface area contributed by atoms with E-state index in [1.165, 1.54) is 0 Å². The Labute approximate surface area is 48.3 Å². The van der Waals surface area contributed by atoms with Crippen molar-refractivity contribution < 1.29 is 13.2 Å². The molecular formula is H3Cl3NOs. The van der Waals surface area contributed by atoms with Crippen molar-refractivity contribution in [3.05, 3.63) is 0 Å². The van der Waals surface area contributed by atoms with E-state index < -0.39 is 13.2 Å². The first-order valence-corrected chi connectivity index (χ1v) is 9.84. The molecule has 0 aliphatic heterocycles. The molecule has 0 heterocycles. The summed E-state index contributed by atoms with van der Waals surface area (Å²) < 4.78 is 0. The van der Waals surface area contributed by atoms with Gasteiger partial charge in [-0.15, -0.1) is 0 Å². The van der Waals surface area contributed by atoms with Gasteiger partial charge in [0.15, 0.2) is 0 Å². The third kappa shape index (κ3) is 30.5. The van der Waals surface area contributed by atoms with Crippen LogP contribution < -0.4 is 6.15 Å². The average Bonchev–Trinajstić information content (AvgIpc) is 0.811. The molecule has 0 bridgehead atoms. The van der Waals surface area contributed by atoms with Crippen molar-refractivity contribution >= 4 is 28.9 Å². The molecule has 1 nitrogen and oxygen atoms in total. The van der Waals surface area contributed by atoms with E-state index in [2.05, 4.69) is 0 Å². The fraction of sp³-hybridized carbons (Fsp3) is 0. The molecule has 0 aromatic rings. The Bertz CT molecular complexity index is 11.6. The SMILES string of the molecule is N.[Cl][Os]([Cl])[Cl]. The van der Waals surface area contributed by atoms with E-state index in [1.807, 2.05) is 0 Å². The Kier molecular flexibility index (Phi) is 10.6. The summed E-state index contributed by atoms with van der Waals surface area (Å²) in [6, 6.07) is 0. The van der Waals surface area contributed by atoms with Crippen molar-refractivity contribution in [1.82, 2.24) is 6.15 Å². The van der Waals surface area contributed by atoms with Gasteiger partial charge in [0.05, 0.1) is 0 Å². The summed E-state index contributed by atoms with van der Waals surface area (Å²) in [6.45, 7) is 0. The van der Waals surface area contributed by atoms with Gasteiger partial charge in [-0.25, -0.2) is 0 Å². The average molecular weight is 314 g/mol. The molecule has 0 spiro atoms. The second kappa shape index (κ2) is 5.47. The minimum atomic E-state index is -1.98. The summed E-state index contributed by atoms with van der Waals surface area (Å²) in [6.07, 6.45) is 0. The molecule has 37 valence electrons. The van der Waals surface area contributed by atoms with Crippen molar-refractivity contribution in [3.63, 3.8) is 0 Å². The second-order valence-electron chi connectivity index (χ2n) is 0.152. The molecule has 0 rings (SSSR count). The van der Waals surface area contributed by atoms with Crippen LogP contribution in [0.1, 0.15) is 0 Å². The minimum absolute atomic E-state index is 0. The molecule has 0 unspecified atom stereocenters. The molecule has 0 aliphatic carbocycles. The van der Waals surface area contributed by atoms with Gasteiger partial charge in [-0.1, -0.05) is 0 Å². The molecule has 0 fully saturated rings. The topological polar surface area (TPSA) is 35.0 Å². The fourth-order valence-electron chi connectivity index (χ4n) is 0.